The molecule has 5 rings (SSSR count). The molecule has 0 radical (unpaired) electrons. The zero-order chi connectivity index (χ0) is 22.5. The molecule has 33 heavy (non-hydrogen) atoms. The molecular formula is C27H28N4O2. The first-order valence-corrected chi connectivity index (χ1v) is 11.5. The molecule has 6 heteroatoms. The number of carbonyl (C=O) groups is 1. The standard InChI is InChI=1S/C27H28N4O2/c32-27(30-26(21-7-3-1-4-8-21)22-9-5-2-6-10-22)33-23-13-15-31(16-14-23)18-20-11-12-24-25(17-20)29-19-28-24/h1-12,17,19,23,26H,13-16,18H2,(H,28,29)(H,30,32). The van der Waals surface area contributed by atoms with Crippen molar-refractivity contribution in [3.8, 4) is 0 Å². The molecule has 168 valence electrons. The molecule has 1 fully saturated rings. The third-order valence-corrected chi connectivity index (χ3v) is 6.23. The van der Waals surface area contributed by atoms with E-state index >= 15 is 0 Å². The Balaban J connectivity index is 1.16. The van der Waals surface area contributed by atoms with Crippen LogP contribution in [0.4, 0.5) is 4.79 Å². The molecular weight excluding hydrogens is 412 g/mol. The van der Waals surface area contributed by atoms with E-state index in [1.54, 1.807) is 6.33 Å². The van der Waals surface area contributed by atoms with Gasteiger partial charge in [0.1, 0.15) is 6.10 Å². The maximum atomic E-state index is 12.8. The minimum Gasteiger partial charge on any atom is -0.446 e. The van der Waals surface area contributed by atoms with Crippen molar-refractivity contribution in [3.63, 3.8) is 0 Å². The van der Waals surface area contributed by atoms with Crippen molar-refractivity contribution < 1.29 is 9.53 Å². The lowest BCUT2D eigenvalue weighted by molar-refractivity contribution is 0.0476. The number of carbonyl (C=O) groups excluding carboxylic acids is 1. The average molecular weight is 441 g/mol. The Kier molecular flexibility index (Phi) is 6.35. The Morgan fingerprint density at radius 1 is 1.00 bits per heavy atom. The van der Waals surface area contributed by atoms with Gasteiger partial charge in [-0.25, -0.2) is 9.78 Å². The highest BCUT2D eigenvalue weighted by molar-refractivity contribution is 5.75. The van der Waals surface area contributed by atoms with Crippen LogP contribution < -0.4 is 5.32 Å². The summed E-state index contributed by atoms with van der Waals surface area (Å²) in [5.41, 5.74) is 5.38. The zero-order valence-electron chi connectivity index (χ0n) is 18.5. The van der Waals surface area contributed by atoms with Crippen molar-refractivity contribution in [1.82, 2.24) is 20.2 Å². The van der Waals surface area contributed by atoms with Crippen LogP contribution in [0.25, 0.3) is 11.0 Å². The first-order chi connectivity index (χ1) is 16.2. The van der Waals surface area contributed by atoms with Gasteiger partial charge in [-0.15, -0.1) is 0 Å². The second kappa shape index (κ2) is 9.88. The normalized spacial score (nSPS) is 15.1. The number of aromatic amines is 1. The number of H-pyrrole nitrogens is 1. The number of hydrogen-bond acceptors (Lipinski definition) is 4. The van der Waals surface area contributed by atoms with E-state index in [-0.39, 0.29) is 18.2 Å². The summed E-state index contributed by atoms with van der Waals surface area (Å²) in [4.78, 5) is 22.6. The van der Waals surface area contributed by atoms with E-state index in [1.165, 1.54) is 5.56 Å². The second-order valence-corrected chi connectivity index (χ2v) is 8.53. The summed E-state index contributed by atoms with van der Waals surface area (Å²) in [6.07, 6.45) is 2.96. The van der Waals surface area contributed by atoms with Crippen molar-refractivity contribution in [2.24, 2.45) is 0 Å². The molecule has 0 unspecified atom stereocenters. The SMILES string of the molecule is O=C(NC(c1ccccc1)c1ccccc1)OC1CCN(Cc2ccc3nc[nH]c3c2)CC1. The van der Waals surface area contributed by atoms with Crippen LogP contribution in [-0.4, -0.2) is 40.2 Å². The van der Waals surface area contributed by atoms with Gasteiger partial charge in [0, 0.05) is 19.6 Å². The van der Waals surface area contributed by atoms with Crippen LogP contribution >= 0.6 is 0 Å². The molecule has 0 atom stereocenters. The molecule has 1 aliphatic heterocycles. The molecule has 2 N–H and O–H groups in total. The van der Waals surface area contributed by atoms with Gasteiger partial charge in [0.05, 0.1) is 23.4 Å². The van der Waals surface area contributed by atoms with Crippen molar-refractivity contribution in [3.05, 3.63) is 102 Å². The highest BCUT2D eigenvalue weighted by Gasteiger charge is 2.24. The summed E-state index contributed by atoms with van der Waals surface area (Å²) >= 11 is 0. The lowest BCUT2D eigenvalue weighted by Crippen LogP contribution is -2.40. The number of amides is 1. The number of fused-ring (bicyclic) bond motifs is 1. The monoisotopic (exact) mass is 440 g/mol. The first-order valence-electron chi connectivity index (χ1n) is 11.5. The minimum absolute atomic E-state index is 0.0662. The molecule has 0 saturated carbocycles. The number of alkyl carbamates (subject to hydrolysis) is 1. The Hall–Kier alpha value is -3.64. The van der Waals surface area contributed by atoms with Gasteiger partial charge in [-0.05, 0) is 41.7 Å². The van der Waals surface area contributed by atoms with Crippen LogP contribution in [0, 0.1) is 0 Å². The van der Waals surface area contributed by atoms with Crippen LogP contribution in [0.15, 0.2) is 85.2 Å². The summed E-state index contributed by atoms with van der Waals surface area (Å²) in [6.45, 7) is 2.69. The zero-order valence-corrected chi connectivity index (χ0v) is 18.5. The number of rotatable bonds is 6. The van der Waals surface area contributed by atoms with Gasteiger partial charge < -0.3 is 15.0 Å². The third-order valence-electron chi connectivity index (χ3n) is 6.23. The number of benzene rings is 3. The quantitative estimate of drug-likeness (QED) is 0.441. The third kappa shape index (κ3) is 5.23. The average Bonchev–Trinajstić information content (AvgIpc) is 3.33. The number of nitrogens with one attached hydrogen (secondary N) is 2. The summed E-state index contributed by atoms with van der Waals surface area (Å²) in [7, 11) is 0. The topological polar surface area (TPSA) is 70.2 Å². The first kappa shape index (κ1) is 21.2. The molecule has 1 saturated heterocycles. The van der Waals surface area contributed by atoms with Crippen LogP contribution in [0.3, 0.4) is 0 Å². The van der Waals surface area contributed by atoms with Gasteiger partial charge in [-0.3, -0.25) is 4.90 Å². The van der Waals surface area contributed by atoms with E-state index in [2.05, 4.69) is 38.4 Å². The number of hydrogen-bond donors (Lipinski definition) is 2. The molecule has 0 spiro atoms. The van der Waals surface area contributed by atoms with E-state index in [0.29, 0.717) is 0 Å². The van der Waals surface area contributed by atoms with Crippen LogP contribution in [0.2, 0.25) is 0 Å². The number of likely N-dealkylation sites (tertiary alicyclic amines) is 1. The van der Waals surface area contributed by atoms with Gasteiger partial charge in [-0.2, -0.15) is 0 Å². The van der Waals surface area contributed by atoms with Gasteiger partial charge in [-0.1, -0.05) is 66.7 Å². The van der Waals surface area contributed by atoms with E-state index in [9.17, 15) is 4.79 Å². The lowest BCUT2D eigenvalue weighted by Gasteiger charge is -2.32. The molecule has 0 aliphatic carbocycles. The van der Waals surface area contributed by atoms with Crippen molar-refractivity contribution >= 4 is 17.1 Å². The van der Waals surface area contributed by atoms with Crippen LogP contribution in [-0.2, 0) is 11.3 Å². The summed E-state index contributed by atoms with van der Waals surface area (Å²) in [6, 6.07) is 26.1. The molecule has 1 aromatic heterocycles. The molecule has 0 bridgehead atoms. The van der Waals surface area contributed by atoms with E-state index in [1.807, 2.05) is 60.7 Å². The second-order valence-electron chi connectivity index (χ2n) is 8.53. The highest BCUT2D eigenvalue weighted by atomic mass is 16.6. The molecule has 4 aromatic rings. The fourth-order valence-corrected chi connectivity index (χ4v) is 4.48. The fraction of sp³-hybridized carbons (Fsp3) is 0.259. The summed E-state index contributed by atoms with van der Waals surface area (Å²) < 4.78 is 5.82. The Labute approximate surface area is 193 Å². The van der Waals surface area contributed by atoms with Gasteiger partial charge in [0.15, 0.2) is 0 Å². The van der Waals surface area contributed by atoms with Crippen molar-refractivity contribution in [2.45, 2.75) is 31.5 Å². The number of ether oxygens (including phenoxy) is 1. The molecule has 3 aromatic carbocycles. The number of imidazole rings is 1. The van der Waals surface area contributed by atoms with E-state index < -0.39 is 0 Å². The number of piperidine rings is 1. The Morgan fingerprint density at radius 2 is 1.67 bits per heavy atom. The van der Waals surface area contributed by atoms with Crippen LogP contribution in [0.5, 0.6) is 0 Å². The minimum atomic E-state index is -0.365. The van der Waals surface area contributed by atoms with Crippen molar-refractivity contribution in [1.29, 1.82) is 0 Å². The van der Waals surface area contributed by atoms with Crippen molar-refractivity contribution in [2.75, 3.05) is 13.1 Å². The number of aromatic nitrogens is 2. The van der Waals surface area contributed by atoms with Crippen LogP contribution in [0.1, 0.15) is 35.6 Å². The number of nitrogens with zero attached hydrogens (tertiary/aromatic N) is 2. The molecule has 1 aliphatic rings. The predicted molar refractivity (Wildman–Crippen MR) is 129 cm³/mol. The predicted octanol–water partition coefficient (Wildman–Crippen LogP) is 5.04. The lowest BCUT2D eigenvalue weighted by atomic mass is 9.99. The molecule has 1 amide bonds. The maximum absolute atomic E-state index is 12.8. The largest absolute Gasteiger partial charge is 0.446 e. The summed E-state index contributed by atoms with van der Waals surface area (Å²) in [5.74, 6) is 0. The van der Waals surface area contributed by atoms with Gasteiger partial charge in [0.2, 0.25) is 0 Å². The molecule has 6 nitrogen and oxygen atoms in total. The van der Waals surface area contributed by atoms with Gasteiger partial charge in [0.25, 0.3) is 0 Å². The summed E-state index contributed by atoms with van der Waals surface area (Å²) in [5, 5.41) is 3.08. The Bertz CT molecular complexity index is 1140. The Morgan fingerprint density at radius 3 is 2.33 bits per heavy atom. The maximum Gasteiger partial charge on any atom is 0.408 e. The fourth-order valence-electron chi connectivity index (χ4n) is 4.48. The van der Waals surface area contributed by atoms with E-state index in [4.69, 9.17) is 4.74 Å². The molecule has 2 heterocycles. The highest BCUT2D eigenvalue weighted by Crippen LogP contribution is 2.23. The smallest absolute Gasteiger partial charge is 0.408 e. The van der Waals surface area contributed by atoms with Gasteiger partial charge >= 0.3 is 6.09 Å². The van der Waals surface area contributed by atoms with E-state index in [0.717, 1.165) is 54.6 Å².